The van der Waals surface area contributed by atoms with Crippen molar-refractivity contribution in [3.63, 3.8) is 0 Å². The molecule has 2 atom stereocenters. The van der Waals surface area contributed by atoms with E-state index in [0.29, 0.717) is 17.9 Å². The summed E-state index contributed by atoms with van der Waals surface area (Å²) in [7, 11) is 0. The first-order valence-electron chi connectivity index (χ1n) is 10.2. The lowest BCUT2D eigenvalue weighted by molar-refractivity contribution is -0.123. The molecule has 1 aliphatic carbocycles. The molecule has 0 unspecified atom stereocenters. The van der Waals surface area contributed by atoms with Gasteiger partial charge in [0.15, 0.2) is 0 Å². The standard InChI is InChI=1S/C23H29NO2/c25-20-12-15-24(16-13-20)22-10-3-4-11-23(22)26-17-14-19-8-5-7-18-6-1-2-9-21(18)19/h1-2,5-9,22-23H,3-4,10-17H2/t22-,23-/m1/s1. The fourth-order valence-corrected chi connectivity index (χ4v) is 4.63. The zero-order valence-electron chi connectivity index (χ0n) is 15.5. The highest BCUT2D eigenvalue weighted by Gasteiger charge is 2.32. The highest BCUT2D eigenvalue weighted by atomic mass is 16.5. The molecule has 2 aromatic rings. The molecule has 0 bridgehead atoms. The van der Waals surface area contributed by atoms with Gasteiger partial charge in [-0.3, -0.25) is 9.69 Å². The number of ether oxygens (including phenoxy) is 1. The minimum absolute atomic E-state index is 0.326. The van der Waals surface area contributed by atoms with Crippen molar-refractivity contribution >= 4 is 16.6 Å². The Labute approximate surface area is 156 Å². The van der Waals surface area contributed by atoms with Gasteiger partial charge in [-0.05, 0) is 35.6 Å². The second-order valence-electron chi connectivity index (χ2n) is 7.72. The second-order valence-corrected chi connectivity index (χ2v) is 7.72. The third-order valence-electron chi connectivity index (χ3n) is 6.08. The average molecular weight is 351 g/mol. The molecule has 0 amide bonds. The molecule has 3 heteroatoms. The van der Waals surface area contributed by atoms with Crippen LogP contribution in [0.25, 0.3) is 10.8 Å². The normalized spacial score (nSPS) is 24.8. The molecule has 138 valence electrons. The van der Waals surface area contributed by atoms with Gasteiger partial charge in [-0.2, -0.15) is 0 Å². The zero-order chi connectivity index (χ0) is 17.8. The van der Waals surface area contributed by atoms with E-state index in [-0.39, 0.29) is 0 Å². The Morgan fingerprint density at radius 2 is 1.73 bits per heavy atom. The molecule has 1 saturated carbocycles. The van der Waals surface area contributed by atoms with Crippen LogP contribution in [-0.2, 0) is 16.0 Å². The van der Waals surface area contributed by atoms with Crippen LogP contribution in [0, 0.1) is 0 Å². The fraction of sp³-hybridized carbons (Fsp3) is 0.522. The molecule has 2 aliphatic rings. The number of fused-ring (bicyclic) bond motifs is 1. The Hall–Kier alpha value is -1.71. The molecule has 0 radical (unpaired) electrons. The monoisotopic (exact) mass is 351 g/mol. The number of carbonyl (C=O) groups is 1. The molecule has 1 heterocycles. The van der Waals surface area contributed by atoms with Crippen molar-refractivity contribution in [2.24, 2.45) is 0 Å². The lowest BCUT2D eigenvalue weighted by Crippen LogP contribution is -2.50. The van der Waals surface area contributed by atoms with Gasteiger partial charge in [-0.15, -0.1) is 0 Å². The topological polar surface area (TPSA) is 29.5 Å². The summed E-state index contributed by atoms with van der Waals surface area (Å²) in [6.45, 7) is 2.63. The Bertz CT molecular complexity index is 741. The highest BCUT2D eigenvalue weighted by molar-refractivity contribution is 5.85. The van der Waals surface area contributed by atoms with E-state index in [9.17, 15) is 4.79 Å². The molecule has 26 heavy (non-hydrogen) atoms. The Morgan fingerprint density at radius 3 is 2.62 bits per heavy atom. The third-order valence-corrected chi connectivity index (χ3v) is 6.08. The van der Waals surface area contributed by atoms with Crippen LogP contribution in [0.4, 0.5) is 0 Å². The van der Waals surface area contributed by atoms with Crippen LogP contribution in [0.5, 0.6) is 0 Å². The van der Waals surface area contributed by atoms with E-state index in [1.807, 2.05) is 0 Å². The smallest absolute Gasteiger partial charge is 0.135 e. The van der Waals surface area contributed by atoms with E-state index in [0.717, 1.165) is 45.4 Å². The van der Waals surface area contributed by atoms with Gasteiger partial charge in [0.25, 0.3) is 0 Å². The summed E-state index contributed by atoms with van der Waals surface area (Å²) in [5.74, 6) is 0.422. The number of rotatable bonds is 5. The largest absolute Gasteiger partial charge is 0.376 e. The number of piperidine rings is 1. The summed E-state index contributed by atoms with van der Waals surface area (Å²) in [4.78, 5) is 14.1. The molecule has 0 N–H and O–H groups in total. The molecule has 2 fully saturated rings. The summed E-state index contributed by atoms with van der Waals surface area (Å²) in [5.41, 5.74) is 1.37. The van der Waals surface area contributed by atoms with Crippen LogP contribution in [0.2, 0.25) is 0 Å². The first-order chi connectivity index (χ1) is 12.8. The van der Waals surface area contributed by atoms with Crippen LogP contribution in [0.3, 0.4) is 0 Å². The lowest BCUT2D eigenvalue weighted by Gasteiger charge is -2.41. The van der Waals surface area contributed by atoms with Gasteiger partial charge in [-0.1, -0.05) is 55.3 Å². The second kappa shape index (κ2) is 8.32. The van der Waals surface area contributed by atoms with Crippen LogP contribution < -0.4 is 0 Å². The quantitative estimate of drug-likeness (QED) is 0.801. The van der Waals surface area contributed by atoms with E-state index in [1.54, 1.807) is 0 Å². The van der Waals surface area contributed by atoms with Crippen LogP contribution >= 0.6 is 0 Å². The van der Waals surface area contributed by atoms with Gasteiger partial charge in [-0.25, -0.2) is 0 Å². The maximum Gasteiger partial charge on any atom is 0.135 e. The number of likely N-dealkylation sites (tertiary alicyclic amines) is 1. The molecular weight excluding hydrogens is 322 g/mol. The molecule has 1 saturated heterocycles. The minimum Gasteiger partial charge on any atom is -0.376 e. The number of nitrogens with zero attached hydrogens (tertiary/aromatic N) is 1. The van der Waals surface area contributed by atoms with Crippen molar-refractivity contribution in [3.8, 4) is 0 Å². The van der Waals surface area contributed by atoms with Gasteiger partial charge in [0.1, 0.15) is 5.78 Å². The number of carbonyl (C=O) groups excluding carboxylic acids is 1. The minimum atomic E-state index is 0.326. The zero-order valence-corrected chi connectivity index (χ0v) is 15.5. The van der Waals surface area contributed by atoms with Crippen molar-refractivity contribution in [3.05, 3.63) is 48.0 Å². The van der Waals surface area contributed by atoms with Crippen molar-refractivity contribution < 1.29 is 9.53 Å². The average Bonchev–Trinajstić information content (AvgIpc) is 2.69. The van der Waals surface area contributed by atoms with E-state index in [2.05, 4.69) is 47.4 Å². The van der Waals surface area contributed by atoms with Gasteiger partial charge in [0, 0.05) is 32.0 Å². The molecule has 1 aliphatic heterocycles. The Morgan fingerprint density at radius 1 is 0.962 bits per heavy atom. The number of hydrogen-bond donors (Lipinski definition) is 0. The molecule has 0 aromatic heterocycles. The van der Waals surface area contributed by atoms with Gasteiger partial charge >= 0.3 is 0 Å². The number of benzene rings is 2. The molecule has 2 aromatic carbocycles. The van der Waals surface area contributed by atoms with E-state index >= 15 is 0 Å². The third kappa shape index (κ3) is 3.99. The highest BCUT2D eigenvalue weighted by Crippen LogP contribution is 2.28. The van der Waals surface area contributed by atoms with Crippen LogP contribution in [0.1, 0.15) is 44.1 Å². The van der Waals surface area contributed by atoms with Crippen LogP contribution in [-0.4, -0.2) is 42.5 Å². The van der Waals surface area contributed by atoms with Crippen molar-refractivity contribution in [1.29, 1.82) is 0 Å². The van der Waals surface area contributed by atoms with E-state index in [1.165, 1.54) is 35.6 Å². The number of Topliss-reactive ketones (excluding diaryl/α,β-unsaturated/α-hetero) is 1. The maximum absolute atomic E-state index is 11.6. The molecular formula is C23H29NO2. The summed E-state index contributed by atoms with van der Waals surface area (Å²) < 4.78 is 6.40. The lowest BCUT2D eigenvalue weighted by atomic mass is 9.89. The van der Waals surface area contributed by atoms with Gasteiger partial charge in [0.05, 0.1) is 12.7 Å². The van der Waals surface area contributed by atoms with Crippen LogP contribution in [0.15, 0.2) is 42.5 Å². The van der Waals surface area contributed by atoms with Crippen molar-refractivity contribution in [2.75, 3.05) is 19.7 Å². The summed E-state index contributed by atoms with van der Waals surface area (Å²) in [6, 6.07) is 15.6. The summed E-state index contributed by atoms with van der Waals surface area (Å²) in [5, 5.41) is 2.65. The van der Waals surface area contributed by atoms with E-state index in [4.69, 9.17) is 4.74 Å². The Kier molecular flexibility index (Phi) is 5.66. The number of hydrogen-bond acceptors (Lipinski definition) is 3. The van der Waals surface area contributed by atoms with Gasteiger partial charge in [0.2, 0.25) is 0 Å². The molecule has 4 rings (SSSR count). The Balaban J connectivity index is 1.37. The predicted molar refractivity (Wildman–Crippen MR) is 105 cm³/mol. The predicted octanol–water partition coefficient (Wildman–Crippen LogP) is 4.38. The van der Waals surface area contributed by atoms with Gasteiger partial charge < -0.3 is 4.74 Å². The van der Waals surface area contributed by atoms with E-state index < -0.39 is 0 Å². The summed E-state index contributed by atoms with van der Waals surface area (Å²) >= 11 is 0. The summed E-state index contributed by atoms with van der Waals surface area (Å²) in [6.07, 6.45) is 7.66. The first kappa shape index (κ1) is 17.7. The first-order valence-corrected chi connectivity index (χ1v) is 10.2. The maximum atomic E-state index is 11.6. The number of ketones is 1. The SMILES string of the molecule is O=C1CCN([C@@H]2CCCC[C@H]2OCCc2cccc3ccccc23)CC1. The van der Waals surface area contributed by atoms with Crippen molar-refractivity contribution in [2.45, 2.75) is 57.1 Å². The molecule has 0 spiro atoms. The fourth-order valence-electron chi connectivity index (χ4n) is 4.63. The molecule has 3 nitrogen and oxygen atoms in total. The van der Waals surface area contributed by atoms with Crippen molar-refractivity contribution in [1.82, 2.24) is 4.90 Å².